The lowest BCUT2D eigenvalue weighted by molar-refractivity contribution is 0.0499. The van der Waals surface area contributed by atoms with Crippen molar-refractivity contribution in [2.24, 2.45) is 0 Å². The van der Waals surface area contributed by atoms with Gasteiger partial charge in [-0.05, 0) is 135 Å². The topological polar surface area (TPSA) is 90.6 Å². The minimum atomic E-state index is -0.438. The zero-order valence-electron chi connectivity index (χ0n) is 45.1. The molecular formula is C61H111N3O4. The van der Waals surface area contributed by atoms with E-state index in [1.165, 1.54) is 51.4 Å². The van der Waals surface area contributed by atoms with Crippen molar-refractivity contribution >= 4 is 0 Å². The fourth-order valence-electron chi connectivity index (χ4n) is 8.01. The van der Waals surface area contributed by atoms with Crippen molar-refractivity contribution in [1.29, 1.82) is 0 Å². The van der Waals surface area contributed by atoms with E-state index < -0.39 is 24.4 Å². The van der Waals surface area contributed by atoms with Crippen LogP contribution in [-0.2, 0) is 0 Å². The zero-order valence-corrected chi connectivity index (χ0v) is 45.1. The fraction of sp³-hybridized carbons (Fsp3) is 0.738. The molecule has 0 bridgehead atoms. The Labute approximate surface area is 422 Å². The normalized spacial score (nSPS) is 14.9. The van der Waals surface area contributed by atoms with Crippen LogP contribution < -0.4 is 0 Å². The van der Waals surface area contributed by atoms with Crippen molar-refractivity contribution in [2.75, 3.05) is 59.4 Å². The monoisotopic (exact) mass is 950 g/mol. The lowest BCUT2D eigenvalue weighted by atomic mass is 10.1. The van der Waals surface area contributed by atoms with E-state index in [9.17, 15) is 20.4 Å². The van der Waals surface area contributed by atoms with Crippen LogP contribution in [0.1, 0.15) is 207 Å². The minimum Gasteiger partial charge on any atom is -0.392 e. The molecular weight excluding hydrogens is 839 g/mol. The second-order valence-corrected chi connectivity index (χ2v) is 19.4. The van der Waals surface area contributed by atoms with Crippen molar-refractivity contribution in [3.05, 3.63) is 97.2 Å². The lowest BCUT2D eigenvalue weighted by Crippen LogP contribution is -2.44. The molecule has 394 valence electrons. The molecule has 4 atom stereocenters. The van der Waals surface area contributed by atoms with Crippen LogP contribution in [0.15, 0.2) is 97.2 Å². The number of hydrogen-bond acceptors (Lipinski definition) is 7. The van der Waals surface area contributed by atoms with E-state index in [0.717, 1.165) is 155 Å². The number of aliphatic hydroxyl groups is 4. The smallest absolute Gasteiger partial charge is 0.0667 e. The quantitative estimate of drug-likeness (QED) is 0.0357. The second kappa shape index (κ2) is 52.5. The van der Waals surface area contributed by atoms with Gasteiger partial charge in [0.25, 0.3) is 0 Å². The molecule has 68 heavy (non-hydrogen) atoms. The molecule has 0 aliphatic rings. The van der Waals surface area contributed by atoms with Gasteiger partial charge in [-0.15, -0.1) is 0 Å². The second-order valence-electron chi connectivity index (χ2n) is 19.4. The van der Waals surface area contributed by atoms with Crippen LogP contribution >= 0.6 is 0 Å². The third-order valence-electron chi connectivity index (χ3n) is 12.4. The summed E-state index contributed by atoms with van der Waals surface area (Å²) in [6.45, 7) is 14.3. The summed E-state index contributed by atoms with van der Waals surface area (Å²) in [4.78, 5) is 6.85. The number of rotatable bonds is 50. The van der Waals surface area contributed by atoms with Gasteiger partial charge in [0.2, 0.25) is 0 Å². The highest BCUT2D eigenvalue weighted by Crippen LogP contribution is 2.12. The van der Waals surface area contributed by atoms with E-state index in [4.69, 9.17) is 0 Å². The first kappa shape index (κ1) is 65.6. The van der Waals surface area contributed by atoms with E-state index in [2.05, 4.69) is 147 Å². The van der Waals surface area contributed by atoms with Crippen LogP contribution in [0.3, 0.4) is 0 Å². The Morgan fingerprint density at radius 1 is 0.294 bits per heavy atom. The summed E-state index contributed by atoms with van der Waals surface area (Å²) in [5.41, 5.74) is 0. The predicted octanol–water partition coefficient (Wildman–Crippen LogP) is 14.4. The molecule has 0 aliphatic heterocycles. The maximum atomic E-state index is 11.2. The van der Waals surface area contributed by atoms with Gasteiger partial charge in [0.1, 0.15) is 0 Å². The molecule has 0 aromatic heterocycles. The van der Waals surface area contributed by atoms with Crippen molar-refractivity contribution < 1.29 is 20.4 Å². The molecule has 0 fully saturated rings. The van der Waals surface area contributed by atoms with Gasteiger partial charge in [-0.1, -0.05) is 176 Å². The van der Waals surface area contributed by atoms with Crippen LogP contribution in [0.25, 0.3) is 0 Å². The Morgan fingerprint density at radius 3 is 0.706 bits per heavy atom. The van der Waals surface area contributed by atoms with Gasteiger partial charge < -0.3 is 25.3 Å². The Balaban J connectivity index is 5.40. The van der Waals surface area contributed by atoms with E-state index in [0.29, 0.717) is 26.2 Å². The summed E-state index contributed by atoms with van der Waals surface area (Å²) >= 11 is 0. The predicted molar refractivity (Wildman–Crippen MR) is 299 cm³/mol. The first-order valence-electron chi connectivity index (χ1n) is 28.3. The Hall–Kier alpha value is -2.36. The zero-order chi connectivity index (χ0) is 49.8. The first-order valence-corrected chi connectivity index (χ1v) is 28.3. The minimum absolute atomic E-state index is 0.438. The van der Waals surface area contributed by atoms with Gasteiger partial charge in [0.05, 0.1) is 24.4 Å². The van der Waals surface area contributed by atoms with Crippen molar-refractivity contribution in [3.63, 3.8) is 0 Å². The average molecular weight is 951 g/mol. The fourth-order valence-corrected chi connectivity index (χ4v) is 8.01. The van der Waals surface area contributed by atoms with Gasteiger partial charge in [-0.2, -0.15) is 0 Å². The Bertz CT molecular complexity index is 1100. The van der Waals surface area contributed by atoms with Gasteiger partial charge >= 0.3 is 0 Å². The maximum absolute atomic E-state index is 11.2. The van der Waals surface area contributed by atoms with Crippen LogP contribution in [0.2, 0.25) is 0 Å². The van der Waals surface area contributed by atoms with Crippen LogP contribution in [-0.4, -0.2) is 119 Å². The van der Waals surface area contributed by atoms with E-state index in [-0.39, 0.29) is 0 Å². The summed E-state index contributed by atoms with van der Waals surface area (Å²) in [5.74, 6) is 0. The molecule has 7 heteroatoms. The van der Waals surface area contributed by atoms with Gasteiger partial charge in [0, 0.05) is 52.4 Å². The number of unbranched alkanes of at least 4 members (excludes halogenated alkanes) is 12. The van der Waals surface area contributed by atoms with Gasteiger partial charge in [0.15, 0.2) is 0 Å². The molecule has 0 radical (unpaired) electrons. The number of aliphatic hydroxyl groups excluding tert-OH is 4. The summed E-state index contributed by atoms with van der Waals surface area (Å²) in [7, 11) is 2.14. The number of hydrogen-bond donors (Lipinski definition) is 4. The number of nitrogens with zero attached hydrogens (tertiary/aromatic N) is 3. The molecule has 0 saturated carbocycles. The molecule has 0 aliphatic carbocycles. The molecule has 4 N–H and O–H groups in total. The van der Waals surface area contributed by atoms with Crippen LogP contribution in [0.4, 0.5) is 0 Å². The van der Waals surface area contributed by atoms with Crippen molar-refractivity contribution in [3.8, 4) is 0 Å². The molecule has 4 unspecified atom stereocenters. The molecule has 0 spiro atoms. The van der Waals surface area contributed by atoms with Gasteiger partial charge in [-0.3, -0.25) is 9.80 Å². The van der Waals surface area contributed by atoms with Crippen molar-refractivity contribution in [1.82, 2.24) is 14.7 Å². The van der Waals surface area contributed by atoms with E-state index in [1.54, 1.807) is 0 Å². The maximum Gasteiger partial charge on any atom is 0.0667 e. The largest absolute Gasteiger partial charge is 0.392 e. The van der Waals surface area contributed by atoms with Crippen LogP contribution in [0.5, 0.6) is 0 Å². The van der Waals surface area contributed by atoms with Crippen molar-refractivity contribution in [2.45, 2.75) is 232 Å². The van der Waals surface area contributed by atoms with E-state index >= 15 is 0 Å². The van der Waals surface area contributed by atoms with Gasteiger partial charge in [-0.25, -0.2) is 0 Å². The first-order chi connectivity index (χ1) is 33.2. The molecule has 7 nitrogen and oxygen atoms in total. The highest BCUT2D eigenvalue weighted by molar-refractivity contribution is 4.95. The van der Waals surface area contributed by atoms with E-state index in [1.807, 2.05) is 0 Å². The summed E-state index contributed by atoms with van der Waals surface area (Å²) in [6.07, 6.45) is 63.4. The highest BCUT2D eigenvalue weighted by atomic mass is 16.3. The lowest BCUT2D eigenvalue weighted by Gasteiger charge is -2.31. The molecule has 0 aromatic carbocycles. The summed E-state index contributed by atoms with van der Waals surface area (Å²) < 4.78 is 0. The summed E-state index contributed by atoms with van der Waals surface area (Å²) in [5, 5.41) is 44.7. The average Bonchev–Trinajstić information content (AvgIpc) is 3.32. The molecule has 0 heterocycles. The molecule has 0 amide bonds. The highest BCUT2D eigenvalue weighted by Gasteiger charge is 2.19. The number of likely N-dealkylation sites (N-methyl/N-ethyl adjacent to an activating group) is 1. The Kier molecular flexibility index (Phi) is 50.6. The summed E-state index contributed by atoms with van der Waals surface area (Å²) in [6, 6.07) is 0. The molecule has 0 rings (SSSR count). The molecule has 0 aromatic rings. The Morgan fingerprint density at radius 2 is 0.500 bits per heavy atom. The molecule has 0 saturated heterocycles. The third-order valence-corrected chi connectivity index (χ3v) is 12.4. The SMILES string of the molecule is CCCC/C=C\C/C=C\CCCC(O)CN(CCN(C)CCN(CC(O)CCC/C=C\C/C=C\CCCC)CC(O)CCC/C=C\C/C=C\CCCC)CC(O)CCC/C=C\C/C=C\CCCC. The standard InChI is InChI=1S/C61H111N3O4/c1-6-10-14-18-22-26-30-34-38-42-46-58(65)54-63(55-59(66)47-43-39-35-31-27-23-19-15-11-7-2)52-50-62(5)51-53-64(56-60(67)48-44-40-36-32-28-24-20-16-12-8-3)57-61(68)49-45-41-37-33-29-25-21-17-13-9-4/h18-25,30-37,58-61,65-68H,6-17,26-29,38-57H2,1-5H3/b22-18-,23-19-,24-20-,25-21-,34-30-,35-31-,36-32-,37-33-. The third kappa shape index (κ3) is 48.7. The number of allylic oxidation sites excluding steroid dienone is 16. The van der Waals surface area contributed by atoms with Crippen LogP contribution in [0, 0.1) is 0 Å².